The molecule has 1 aromatic carbocycles. The minimum absolute atomic E-state index is 0.0336. The molecule has 0 N–H and O–H groups in total. The second-order valence-corrected chi connectivity index (χ2v) is 7.24. The van der Waals surface area contributed by atoms with E-state index in [1.54, 1.807) is 0 Å². The Morgan fingerprint density at radius 1 is 1.25 bits per heavy atom. The fourth-order valence-electron chi connectivity index (χ4n) is 3.06. The maximum Gasteiger partial charge on any atom is 0.0631 e. The van der Waals surface area contributed by atoms with Gasteiger partial charge in [-0.15, -0.1) is 0 Å². The van der Waals surface area contributed by atoms with Crippen molar-refractivity contribution in [2.24, 2.45) is 5.41 Å². The number of nitrogens with zero attached hydrogens (tertiary/aromatic N) is 1. The highest BCUT2D eigenvalue weighted by Gasteiger charge is 2.35. The van der Waals surface area contributed by atoms with Crippen molar-refractivity contribution in [1.82, 2.24) is 0 Å². The summed E-state index contributed by atoms with van der Waals surface area (Å²) in [5.41, 5.74) is 2.96. The van der Waals surface area contributed by atoms with Crippen molar-refractivity contribution in [3.63, 3.8) is 0 Å². The molecule has 0 aliphatic heterocycles. The molecule has 2 rings (SSSR count). The molecule has 0 saturated carbocycles. The van der Waals surface area contributed by atoms with Crippen LogP contribution in [0.25, 0.3) is 0 Å². The Kier molecular flexibility index (Phi) is 4.25. The van der Waals surface area contributed by atoms with Crippen LogP contribution in [0.1, 0.15) is 52.0 Å². The smallest absolute Gasteiger partial charge is 0.0631 e. The Morgan fingerprint density at radius 2 is 1.90 bits per heavy atom. The van der Waals surface area contributed by atoms with Gasteiger partial charge in [0.15, 0.2) is 0 Å². The zero-order chi connectivity index (χ0) is 14.8. The molecule has 1 unspecified atom stereocenters. The predicted molar refractivity (Wildman–Crippen MR) is 84.7 cm³/mol. The lowest BCUT2D eigenvalue weighted by molar-refractivity contribution is 0.353. The van der Waals surface area contributed by atoms with Gasteiger partial charge in [0.25, 0.3) is 0 Å². The Labute approximate surface area is 127 Å². The zero-order valence-corrected chi connectivity index (χ0v) is 13.3. The Morgan fingerprint density at radius 3 is 2.35 bits per heavy atom. The van der Waals surface area contributed by atoms with Crippen LogP contribution in [0.4, 0.5) is 0 Å². The third-order valence-corrected chi connectivity index (χ3v) is 4.70. The topological polar surface area (TPSA) is 23.8 Å². The van der Waals surface area contributed by atoms with Gasteiger partial charge in [0.2, 0.25) is 0 Å². The molecule has 106 valence electrons. The van der Waals surface area contributed by atoms with Crippen LogP contribution >= 0.6 is 11.6 Å². The largest absolute Gasteiger partial charge is 0.198 e. The lowest BCUT2D eigenvalue weighted by Gasteiger charge is -2.38. The summed E-state index contributed by atoms with van der Waals surface area (Å²) in [5.74, 6) is 0. The van der Waals surface area contributed by atoms with Crippen molar-refractivity contribution >= 4 is 11.6 Å². The maximum atomic E-state index is 9.23. The first-order valence-corrected chi connectivity index (χ1v) is 7.58. The molecule has 0 saturated heterocycles. The standard InChI is InChI=1S/C18H22ClN/c1-17(2,3)14-8-10-18(11-9-14,12-13-20)15-4-6-16(19)7-5-15/h4-8H,9-12H2,1-3H3. The van der Waals surface area contributed by atoms with E-state index in [1.807, 2.05) is 12.1 Å². The van der Waals surface area contributed by atoms with E-state index in [1.165, 1.54) is 11.1 Å². The minimum atomic E-state index is -0.0336. The Bertz CT molecular complexity index is 542. The molecule has 0 spiro atoms. The Hall–Kier alpha value is -1.26. The monoisotopic (exact) mass is 287 g/mol. The molecule has 0 bridgehead atoms. The van der Waals surface area contributed by atoms with E-state index >= 15 is 0 Å². The number of hydrogen-bond donors (Lipinski definition) is 0. The van der Waals surface area contributed by atoms with Crippen LogP contribution < -0.4 is 0 Å². The second-order valence-electron chi connectivity index (χ2n) is 6.81. The molecule has 1 nitrogen and oxygen atoms in total. The number of allylic oxidation sites excluding steroid dienone is 2. The van der Waals surface area contributed by atoms with Gasteiger partial charge in [-0.25, -0.2) is 0 Å². The molecule has 0 radical (unpaired) electrons. The normalized spacial score (nSPS) is 23.1. The highest BCUT2D eigenvalue weighted by molar-refractivity contribution is 6.30. The summed E-state index contributed by atoms with van der Waals surface area (Å²) in [5, 5.41) is 9.98. The average Bonchev–Trinajstić information content (AvgIpc) is 2.39. The molecule has 20 heavy (non-hydrogen) atoms. The number of hydrogen-bond acceptors (Lipinski definition) is 1. The summed E-state index contributed by atoms with van der Waals surface area (Å²) in [6.45, 7) is 6.79. The third kappa shape index (κ3) is 3.07. The molecule has 1 aliphatic rings. The van der Waals surface area contributed by atoms with E-state index < -0.39 is 0 Å². The van der Waals surface area contributed by atoms with Crippen LogP contribution in [0.3, 0.4) is 0 Å². The highest BCUT2D eigenvalue weighted by Crippen LogP contribution is 2.45. The lowest BCUT2D eigenvalue weighted by Crippen LogP contribution is -2.29. The molecule has 1 atom stereocenters. The van der Waals surface area contributed by atoms with E-state index in [4.69, 9.17) is 11.6 Å². The van der Waals surface area contributed by atoms with Gasteiger partial charge in [-0.1, -0.05) is 56.2 Å². The van der Waals surface area contributed by atoms with Crippen LogP contribution in [-0.2, 0) is 5.41 Å². The first-order chi connectivity index (χ1) is 9.37. The first-order valence-electron chi connectivity index (χ1n) is 7.20. The molecule has 1 aromatic rings. The van der Waals surface area contributed by atoms with Crippen LogP contribution in [0.5, 0.6) is 0 Å². The summed E-state index contributed by atoms with van der Waals surface area (Å²) >= 11 is 5.98. The number of rotatable bonds is 2. The summed E-state index contributed by atoms with van der Waals surface area (Å²) in [4.78, 5) is 0. The summed E-state index contributed by atoms with van der Waals surface area (Å²) < 4.78 is 0. The van der Waals surface area contributed by atoms with Crippen molar-refractivity contribution in [1.29, 1.82) is 5.26 Å². The van der Waals surface area contributed by atoms with E-state index in [9.17, 15) is 5.26 Å². The van der Waals surface area contributed by atoms with E-state index in [2.05, 4.69) is 45.0 Å². The number of benzene rings is 1. The van der Waals surface area contributed by atoms with Gasteiger partial charge in [0, 0.05) is 16.9 Å². The molecule has 2 heteroatoms. The predicted octanol–water partition coefficient (Wildman–Crippen LogP) is 5.65. The van der Waals surface area contributed by atoms with E-state index in [-0.39, 0.29) is 10.8 Å². The third-order valence-electron chi connectivity index (χ3n) is 4.45. The number of nitriles is 1. The molecule has 1 aliphatic carbocycles. The van der Waals surface area contributed by atoms with E-state index in [0.29, 0.717) is 6.42 Å². The molecular formula is C18H22ClN. The molecule has 0 aromatic heterocycles. The van der Waals surface area contributed by atoms with E-state index in [0.717, 1.165) is 24.3 Å². The zero-order valence-electron chi connectivity index (χ0n) is 12.5. The van der Waals surface area contributed by atoms with Crippen molar-refractivity contribution < 1.29 is 0 Å². The molecular weight excluding hydrogens is 266 g/mol. The Balaban J connectivity index is 2.33. The second kappa shape index (κ2) is 5.62. The van der Waals surface area contributed by atoms with Crippen LogP contribution in [0, 0.1) is 16.7 Å². The molecule has 0 fully saturated rings. The fourth-order valence-corrected chi connectivity index (χ4v) is 3.18. The van der Waals surface area contributed by atoms with Gasteiger partial charge in [0.1, 0.15) is 0 Å². The lowest BCUT2D eigenvalue weighted by atomic mass is 9.65. The summed E-state index contributed by atoms with van der Waals surface area (Å²) in [7, 11) is 0. The van der Waals surface area contributed by atoms with Crippen molar-refractivity contribution in [2.75, 3.05) is 0 Å². The van der Waals surface area contributed by atoms with Gasteiger partial charge >= 0.3 is 0 Å². The SMILES string of the molecule is CC(C)(C)C1=CCC(CC#N)(c2ccc(Cl)cc2)CC1. The quantitative estimate of drug-likeness (QED) is 0.645. The maximum absolute atomic E-state index is 9.23. The summed E-state index contributed by atoms with van der Waals surface area (Å²) in [6.07, 6.45) is 6.01. The highest BCUT2D eigenvalue weighted by atomic mass is 35.5. The van der Waals surface area contributed by atoms with Gasteiger partial charge in [0.05, 0.1) is 6.07 Å². The fraction of sp³-hybridized carbons (Fsp3) is 0.500. The van der Waals surface area contributed by atoms with Gasteiger partial charge < -0.3 is 0 Å². The van der Waals surface area contributed by atoms with Crippen LogP contribution in [-0.4, -0.2) is 0 Å². The first kappa shape index (κ1) is 15.1. The van der Waals surface area contributed by atoms with Gasteiger partial charge in [-0.3, -0.25) is 0 Å². The molecule has 0 amide bonds. The summed E-state index contributed by atoms with van der Waals surface area (Å²) in [6, 6.07) is 10.4. The van der Waals surface area contributed by atoms with Crippen LogP contribution in [0.2, 0.25) is 5.02 Å². The van der Waals surface area contributed by atoms with Crippen molar-refractivity contribution in [3.8, 4) is 6.07 Å². The number of halogens is 1. The molecule has 0 heterocycles. The minimum Gasteiger partial charge on any atom is -0.198 e. The van der Waals surface area contributed by atoms with Gasteiger partial charge in [-0.2, -0.15) is 5.26 Å². The average molecular weight is 288 g/mol. The van der Waals surface area contributed by atoms with Crippen molar-refractivity contribution in [2.45, 2.75) is 51.9 Å². The van der Waals surface area contributed by atoms with Gasteiger partial charge in [-0.05, 0) is 42.4 Å². The van der Waals surface area contributed by atoms with Crippen LogP contribution in [0.15, 0.2) is 35.9 Å². The van der Waals surface area contributed by atoms with Crippen molar-refractivity contribution in [3.05, 3.63) is 46.5 Å².